The highest BCUT2D eigenvalue weighted by Gasteiger charge is 2.30. The first-order valence-corrected chi connectivity index (χ1v) is 10.6. The molecule has 28 heavy (non-hydrogen) atoms. The summed E-state index contributed by atoms with van der Waals surface area (Å²) in [5, 5.41) is 9.73. The Balaban J connectivity index is 1.58. The molecule has 0 spiro atoms. The number of nitrogens with zero attached hydrogens (tertiary/aromatic N) is 4. The number of hydrogen-bond acceptors (Lipinski definition) is 3. The van der Waals surface area contributed by atoms with Gasteiger partial charge in [0.15, 0.2) is 0 Å². The second kappa shape index (κ2) is 7.39. The van der Waals surface area contributed by atoms with Crippen molar-refractivity contribution in [3.63, 3.8) is 0 Å². The Morgan fingerprint density at radius 2 is 1.79 bits per heavy atom. The summed E-state index contributed by atoms with van der Waals surface area (Å²) >= 11 is 0. The fraction of sp³-hybridized carbons (Fsp3) is 0.636. The fourth-order valence-electron chi connectivity index (χ4n) is 5.03. The summed E-state index contributed by atoms with van der Waals surface area (Å²) in [6.07, 6.45) is 8.76. The summed E-state index contributed by atoms with van der Waals surface area (Å²) in [6.45, 7) is 8.06. The molecule has 2 aromatic rings. The number of benzene rings is 1. The molecule has 2 fully saturated rings. The van der Waals surface area contributed by atoms with Crippen molar-refractivity contribution in [1.29, 1.82) is 0 Å². The summed E-state index contributed by atoms with van der Waals surface area (Å²) in [6, 6.07) is 7.03. The van der Waals surface area contributed by atoms with Gasteiger partial charge in [-0.1, -0.05) is 12.8 Å². The molecule has 1 aliphatic heterocycles. The van der Waals surface area contributed by atoms with E-state index in [9.17, 15) is 9.90 Å². The van der Waals surface area contributed by atoms with Crippen LogP contribution in [-0.2, 0) is 0 Å². The maximum atomic E-state index is 11.9. The van der Waals surface area contributed by atoms with Gasteiger partial charge in [-0.15, -0.1) is 0 Å². The second-order valence-corrected chi connectivity index (χ2v) is 9.32. The van der Waals surface area contributed by atoms with Crippen LogP contribution in [0, 0.1) is 0 Å². The highest BCUT2D eigenvalue weighted by Crippen LogP contribution is 2.33. The molecule has 6 nitrogen and oxygen atoms in total. The van der Waals surface area contributed by atoms with E-state index < -0.39 is 11.6 Å². The van der Waals surface area contributed by atoms with E-state index in [4.69, 9.17) is 0 Å². The van der Waals surface area contributed by atoms with E-state index in [1.165, 1.54) is 30.6 Å². The molecule has 0 unspecified atom stereocenters. The lowest BCUT2D eigenvalue weighted by Gasteiger charge is -2.36. The molecule has 1 N–H and O–H groups in total. The van der Waals surface area contributed by atoms with Gasteiger partial charge in [-0.3, -0.25) is 4.90 Å². The number of hydrogen-bond donors (Lipinski definition) is 1. The van der Waals surface area contributed by atoms with E-state index in [1.807, 2.05) is 45.3 Å². The number of carboxylic acid groups (broad SMARTS) is 1. The zero-order valence-electron chi connectivity index (χ0n) is 17.3. The van der Waals surface area contributed by atoms with Gasteiger partial charge >= 0.3 is 6.09 Å². The Labute approximate surface area is 167 Å². The number of amides is 1. The minimum absolute atomic E-state index is 0.436. The molecule has 0 radical (unpaired) electrons. The van der Waals surface area contributed by atoms with Crippen LogP contribution in [0.15, 0.2) is 24.5 Å². The first-order valence-electron chi connectivity index (χ1n) is 10.6. The quantitative estimate of drug-likeness (QED) is 0.818. The summed E-state index contributed by atoms with van der Waals surface area (Å²) in [4.78, 5) is 20.6. The average molecular weight is 385 g/mol. The summed E-state index contributed by atoms with van der Waals surface area (Å²) in [5.74, 6) is 0. The Morgan fingerprint density at radius 3 is 2.39 bits per heavy atom. The molecule has 0 bridgehead atoms. The molecule has 2 heterocycles. The number of rotatable bonds is 3. The monoisotopic (exact) mass is 384 g/mol. The molecule has 1 saturated heterocycles. The third-order valence-corrected chi connectivity index (χ3v) is 6.41. The summed E-state index contributed by atoms with van der Waals surface area (Å²) < 4.78 is 2.27. The number of aromatic nitrogens is 2. The van der Waals surface area contributed by atoms with E-state index in [0.29, 0.717) is 11.7 Å². The lowest BCUT2D eigenvalue weighted by molar-refractivity contribution is 0.138. The van der Waals surface area contributed by atoms with Crippen molar-refractivity contribution in [1.82, 2.24) is 14.5 Å². The molecule has 1 aliphatic carbocycles. The van der Waals surface area contributed by atoms with E-state index in [1.54, 1.807) is 0 Å². The Hall–Kier alpha value is -2.08. The molecular weight excluding hydrogens is 352 g/mol. The van der Waals surface area contributed by atoms with Gasteiger partial charge in [-0.2, -0.15) is 0 Å². The Morgan fingerprint density at radius 1 is 1.11 bits per heavy atom. The normalized spacial score (nSPS) is 20.1. The predicted octanol–water partition coefficient (Wildman–Crippen LogP) is 4.90. The maximum Gasteiger partial charge on any atom is 0.412 e. The molecule has 1 aromatic carbocycles. The van der Waals surface area contributed by atoms with E-state index in [-0.39, 0.29) is 0 Å². The van der Waals surface area contributed by atoms with Crippen LogP contribution < -0.4 is 4.90 Å². The third kappa shape index (κ3) is 3.62. The number of piperidine rings is 1. The van der Waals surface area contributed by atoms with Crippen LogP contribution in [-0.4, -0.2) is 50.3 Å². The van der Waals surface area contributed by atoms with E-state index in [0.717, 1.165) is 43.0 Å². The lowest BCUT2D eigenvalue weighted by atomic mass is 10.0. The second-order valence-electron chi connectivity index (χ2n) is 9.32. The van der Waals surface area contributed by atoms with Crippen molar-refractivity contribution in [3.8, 4) is 0 Å². The molecule has 1 saturated carbocycles. The van der Waals surface area contributed by atoms with E-state index >= 15 is 0 Å². The fourth-order valence-corrected chi connectivity index (χ4v) is 5.03. The minimum atomic E-state index is -0.928. The van der Waals surface area contributed by atoms with Crippen molar-refractivity contribution in [2.24, 2.45) is 0 Å². The van der Waals surface area contributed by atoms with Crippen molar-refractivity contribution in [2.75, 3.05) is 18.0 Å². The van der Waals surface area contributed by atoms with Crippen molar-refractivity contribution in [3.05, 3.63) is 24.5 Å². The standard InChI is InChI=1S/C22H32N4O2/c1-22(2,3)26(21(27)28)18-8-9-19-20(14-18)25(15-23-19)17-10-12-24(13-11-17)16-6-4-5-7-16/h8-9,14-17H,4-7,10-13H2,1-3H3,(H,27,28). The molecule has 1 amide bonds. The van der Waals surface area contributed by atoms with E-state index in [2.05, 4.69) is 14.5 Å². The predicted molar refractivity (Wildman–Crippen MR) is 112 cm³/mol. The van der Waals surface area contributed by atoms with Gasteiger partial charge in [0.05, 0.1) is 17.4 Å². The molecule has 152 valence electrons. The number of fused-ring (bicyclic) bond motifs is 1. The number of likely N-dealkylation sites (tertiary alicyclic amines) is 1. The topological polar surface area (TPSA) is 61.6 Å². The third-order valence-electron chi connectivity index (χ3n) is 6.41. The minimum Gasteiger partial charge on any atom is -0.465 e. The van der Waals surface area contributed by atoms with Gasteiger partial charge in [0.1, 0.15) is 0 Å². The zero-order chi connectivity index (χ0) is 19.9. The van der Waals surface area contributed by atoms with Crippen LogP contribution in [0.2, 0.25) is 0 Å². The Bertz CT molecular complexity index is 840. The van der Waals surface area contributed by atoms with Crippen LogP contribution in [0.4, 0.5) is 10.5 Å². The highest BCUT2D eigenvalue weighted by molar-refractivity contribution is 5.91. The van der Waals surface area contributed by atoms with Crippen molar-refractivity contribution < 1.29 is 9.90 Å². The van der Waals surface area contributed by atoms with Crippen LogP contribution in [0.25, 0.3) is 11.0 Å². The number of anilines is 1. The largest absolute Gasteiger partial charge is 0.465 e. The van der Waals surface area contributed by atoms with Gasteiger partial charge in [0.2, 0.25) is 0 Å². The smallest absolute Gasteiger partial charge is 0.412 e. The van der Waals surface area contributed by atoms with Gasteiger partial charge in [0.25, 0.3) is 0 Å². The van der Waals surface area contributed by atoms with Gasteiger partial charge < -0.3 is 14.6 Å². The SMILES string of the molecule is CC(C)(C)N(C(=O)O)c1ccc2ncn(C3CCN(C4CCCC4)CC3)c2c1. The number of imidazole rings is 1. The van der Waals surface area contributed by atoms with Gasteiger partial charge in [-0.05, 0) is 64.7 Å². The maximum absolute atomic E-state index is 11.9. The molecule has 4 rings (SSSR count). The van der Waals surface area contributed by atoms with Gasteiger partial charge in [0, 0.05) is 36.4 Å². The summed E-state index contributed by atoms with van der Waals surface area (Å²) in [5.41, 5.74) is 2.17. The lowest BCUT2D eigenvalue weighted by Crippen LogP contribution is -2.45. The van der Waals surface area contributed by atoms with Crippen LogP contribution in [0.5, 0.6) is 0 Å². The molecule has 0 atom stereocenters. The first-order chi connectivity index (χ1) is 13.3. The van der Waals surface area contributed by atoms with Crippen molar-refractivity contribution >= 4 is 22.8 Å². The zero-order valence-corrected chi connectivity index (χ0v) is 17.3. The first kappa shape index (κ1) is 19.2. The molecule has 2 aliphatic rings. The van der Waals surface area contributed by atoms with Crippen molar-refractivity contribution in [2.45, 2.75) is 76.9 Å². The number of carbonyl (C=O) groups is 1. The van der Waals surface area contributed by atoms with Gasteiger partial charge in [-0.25, -0.2) is 9.78 Å². The molecular formula is C22H32N4O2. The molecule has 1 aromatic heterocycles. The average Bonchev–Trinajstić information content (AvgIpc) is 3.30. The van der Waals surface area contributed by atoms with Crippen LogP contribution in [0.3, 0.4) is 0 Å². The summed E-state index contributed by atoms with van der Waals surface area (Å²) in [7, 11) is 0. The highest BCUT2D eigenvalue weighted by atomic mass is 16.4. The van der Waals surface area contributed by atoms with Crippen LogP contribution >= 0.6 is 0 Å². The van der Waals surface area contributed by atoms with Crippen LogP contribution in [0.1, 0.15) is 65.3 Å². The Kier molecular flexibility index (Phi) is 5.08. The molecule has 6 heteroatoms.